The number of para-hydroxylation sites is 2. The molecule has 1 amide bonds. The first-order valence-electron chi connectivity index (χ1n) is 7.06. The lowest BCUT2D eigenvalue weighted by molar-refractivity contribution is -0.120. The predicted octanol–water partition coefficient (Wildman–Crippen LogP) is 3.62. The van der Waals surface area contributed by atoms with Crippen LogP contribution >= 0.6 is 11.8 Å². The molecule has 2 aromatic carbocycles. The summed E-state index contributed by atoms with van der Waals surface area (Å²) in [6, 6.07) is 17.4. The number of thioether (sulfide) groups is 1. The third-order valence-corrected chi connectivity index (χ3v) is 4.17. The molecule has 0 radical (unpaired) electrons. The van der Waals surface area contributed by atoms with Gasteiger partial charge in [-0.2, -0.15) is 0 Å². The third kappa shape index (κ3) is 3.49. The zero-order valence-corrected chi connectivity index (χ0v) is 13.0. The first-order chi connectivity index (χ1) is 10.7. The molecule has 112 valence electrons. The minimum atomic E-state index is -0.267. The summed E-state index contributed by atoms with van der Waals surface area (Å²) in [6.07, 6.45) is 0. The fourth-order valence-electron chi connectivity index (χ4n) is 2.03. The molecule has 0 spiro atoms. The maximum atomic E-state index is 12.1. The molecule has 3 rings (SSSR count). The van der Waals surface area contributed by atoms with E-state index in [9.17, 15) is 4.79 Å². The van der Waals surface area contributed by atoms with Gasteiger partial charge in [0.15, 0.2) is 5.58 Å². The topological polar surface area (TPSA) is 55.1 Å². The van der Waals surface area contributed by atoms with Crippen LogP contribution in [0.15, 0.2) is 64.2 Å². The van der Waals surface area contributed by atoms with E-state index in [1.54, 1.807) is 0 Å². The highest BCUT2D eigenvalue weighted by Gasteiger charge is 2.17. The molecule has 22 heavy (non-hydrogen) atoms. The molecule has 1 aromatic heterocycles. The van der Waals surface area contributed by atoms with Crippen LogP contribution in [0.4, 0.5) is 0 Å². The van der Waals surface area contributed by atoms with Crippen LogP contribution in [0, 0.1) is 0 Å². The Morgan fingerprint density at radius 1 is 1.18 bits per heavy atom. The van der Waals surface area contributed by atoms with Crippen molar-refractivity contribution in [1.82, 2.24) is 10.3 Å². The number of oxazole rings is 1. The van der Waals surface area contributed by atoms with Crippen LogP contribution in [-0.2, 0) is 11.3 Å². The van der Waals surface area contributed by atoms with E-state index in [1.807, 2.05) is 61.5 Å². The number of carbonyl (C=O) groups excluding carboxylic acids is 1. The molecule has 1 N–H and O–H groups in total. The van der Waals surface area contributed by atoms with Crippen molar-refractivity contribution in [3.63, 3.8) is 0 Å². The van der Waals surface area contributed by atoms with Gasteiger partial charge < -0.3 is 9.73 Å². The van der Waals surface area contributed by atoms with Crippen LogP contribution in [0.3, 0.4) is 0 Å². The third-order valence-electron chi connectivity index (χ3n) is 3.23. The van der Waals surface area contributed by atoms with Gasteiger partial charge in [0.1, 0.15) is 5.52 Å². The average molecular weight is 312 g/mol. The summed E-state index contributed by atoms with van der Waals surface area (Å²) in [6.45, 7) is 2.37. The largest absolute Gasteiger partial charge is 0.431 e. The molecule has 0 fully saturated rings. The number of nitrogens with zero attached hydrogens (tertiary/aromatic N) is 1. The maximum Gasteiger partial charge on any atom is 0.257 e. The average Bonchev–Trinajstić information content (AvgIpc) is 2.95. The minimum absolute atomic E-state index is 0.0314. The number of carbonyl (C=O) groups is 1. The van der Waals surface area contributed by atoms with Crippen molar-refractivity contribution in [2.45, 2.75) is 23.9 Å². The Labute approximate surface area is 132 Å². The summed E-state index contributed by atoms with van der Waals surface area (Å²) in [5, 5.41) is 3.17. The molecule has 0 aliphatic heterocycles. The van der Waals surface area contributed by atoms with Crippen molar-refractivity contribution in [2.24, 2.45) is 0 Å². The highest BCUT2D eigenvalue weighted by atomic mass is 32.2. The van der Waals surface area contributed by atoms with Crippen LogP contribution in [0.1, 0.15) is 12.5 Å². The summed E-state index contributed by atoms with van der Waals surface area (Å²) in [4.78, 5) is 16.5. The van der Waals surface area contributed by atoms with Gasteiger partial charge in [0.05, 0.1) is 5.25 Å². The summed E-state index contributed by atoms with van der Waals surface area (Å²) in [5.74, 6) is -0.0314. The summed E-state index contributed by atoms with van der Waals surface area (Å²) in [5.41, 5.74) is 2.62. The summed E-state index contributed by atoms with van der Waals surface area (Å²) >= 11 is 1.32. The normalized spacial score (nSPS) is 12.2. The lowest BCUT2D eigenvalue weighted by Crippen LogP contribution is -2.30. The standard InChI is InChI=1S/C17H16N2O2S/c1-12(16(20)18-11-13-7-3-2-4-8-13)22-17-19-14-9-5-6-10-15(14)21-17/h2-10,12H,11H2,1H3,(H,18,20). The van der Waals surface area contributed by atoms with Gasteiger partial charge in [-0.25, -0.2) is 4.98 Å². The van der Waals surface area contributed by atoms with E-state index in [2.05, 4.69) is 10.3 Å². The second kappa shape index (κ2) is 6.66. The summed E-state index contributed by atoms with van der Waals surface area (Å²) in [7, 11) is 0. The zero-order chi connectivity index (χ0) is 15.4. The van der Waals surface area contributed by atoms with Gasteiger partial charge in [-0.05, 0) is 24.6 Å². The number of benzene rings is 2. The number of hydrogen-bond donors (Lipinski definition) is 1. The first kappa shape index (κ1) is 14.7. The first-order valence-corrected chi connectivity index (χ1v) is 7.94. The van der Waals surface area contributed by atoms with E-state index < -0.39 is 0 Å². The second-order valence-electron chi connectivity index (χ2n) is 4.91. The molecule has 4 nitrogen and oxygen atoms in total. The van der Waals surface area contributed by atoms with Crippen LogP contribution in [0.5, 0.6) is 0 Å². The molecule has 5 heteroatoms. The Balaban J connectivity index is 1.58. The van der Waals surface area contributed by atoms with E-state index in [0.29, 0.717) is 11.8 Å². The van der Waals surface area contributed by atoms with Crippen LogP contribution in [0.2, 0.25) is 0 Å². The fraction of sp³-hybridized carbons (Fsp3) is 0.176. The molecule has 0 bridgehead atoms. The van der Waals surface area contributed by atoms with Crippen LogP contribution < -0.4 is 5.32 Å². The molecule has 3 aromatic rings. The monoisotopic (exact) mass is 312 g/mol. The molecule has 1 atom stereocenters. The van der Waals surface area contributed by atoms with E-state index in [-0.39, 0.29) is 11.2 Å². The lowest BCUT2D eigenvalue weighted by atomic mass is 10.2. The van der Waals surface area contributed by atoms with Crippen LogP contribution in [0.25, 0.3) is 11.1 Å². The van der Waals surface area contributed by atoms with Crippen LogP contribution in [-0.4, -0.2) is 16.1 Å². The second-order valence-corrected chi connectivity index (χ2v) is 6.20. The van der Waals surface area contributed by atoms with Gasteiger partial charge in [0.2, 0.25) is 5.91 Å². The Hall–Kier alpha value is -2.27. The molecular weight excluding hydrogens is 296 g/mol. The molecule has 0 aliphatic carbocycles. The number of amides is 1. The van der Waals surface area contributed by atoms with Gasteiger partial charge in [-0.15, -0.1) is 0 Å². The summed E-state index contributed by atoms with van der Waals surface area (Å²) < 4.78 is 5.62. The molecule has 0 aliphatic rings. The number of hydrogen-bond acceptors (Lipinski definition) is 4. The lowest BCUT2D eigenvalue weighted by Gasteiger charge is -2.09. The van der Waals surface area contributed by atoms with Gasteiger partial charge >= 0.3 is 0 Å². The highest BCUT2D eigenvalue weighted by molar-refractivity contribution is 8.00. The van der Waals surface area contributed by atoms with Crippen molar-refractivity contribution < 1.29 is 9.21 Å². The number of nitrogens with one attached hydrogen (secondary N) is 1. The van der Waals surface area contributed by atoms with E-state index in [4.69, 9.17) is 4.42 Å². The van der Waals surface area contributed by atoms with Crippen molar-refractivity contribution in [1.29, 1.82) is 0 Å². The van der Waals surface area contributed by atoms with Gasteiger partial charge in [-0.1, -0.05) is 54.2 Å². The van der Waals surface area contributed by atoms with Gasteiger partial charge in [0.25, 0.3) is 5.22 Å². The quantitative estimate of drug-likeness (QED) is 0.731. The SMILES string of the molecule is CC(Sc1nc2ccccc2o1)C(=O)NCc1ccccc1. The van der Waals surface area contributed by atoms with E-state index >= 15 is 0 Å². The Bertz CT molecular complexity index is 737. The Morgan fingerprint density at radius 3 is 2.68 bits per heavy atom. The molecule has 1 heterocycles. The smallest absolute Gasteiger partial charge is 0.257 e. The predicted molar refractivity (Wildman–Crippen MR) is 87.6 cm³/mol. The number of aromatic nitrogens is 1. The maximum absolute atomic E-state index is 12.1. The fourth-order valence-corrected chi connectivity index (χ4v) is 2.82. The van der Waals surface area contributed by atoms with Crippen molar-refractivity contribution in [3.8, 4) is 0 Å². The molecular formula is C17H16N2O2S. The molecule has 0 saturated carbocycles. The minimum Gasteiger partial charge on any atom is -0.431 e. The van der Waals surface area contributed by atoms with Crippen molar-refractivity contribution >= 4 is 28.8 Å². The number of rotatable bonds is 5. The number of fused-ring (bicyclic) bond motifs is 1. The van der Waals surface area contributed by atoms with Crippen molar-refractivity contribution in [2.75, 3.05) is 0 Å². The van der Waals surface area contributed by atoms with E-state index in [0.717, 1.165) is 16.7 Å². The van der Waals surface area contributed by atoms with Crippen molar-refractivity contribution in [3.05, 3.63) is 60.2 Å². The highest BCUT2D eigenvalue weighted by Crippen LogP contribution is 2.26. The molecule has 1 unspecified atom stereocenters. The van der Waals surface area contributed by atoms with Gasteiger partial charge in [-0.3, -0.25) is 4.79 Å². The van der Waals surface area contributed by atoms with E-state index in [1.165, 1.54) is 11.8 Å². The molecule has 0 saturated heterocycles. The Kier molecular flexibility index (Phi) is 4.44. The zero-order valence-electron chi connectivity index (χ0n) is 12.2. The Morgan fingerprint density at radius 2 is 1.91 bits per heavy atom. The van der Waals surface area contributed by atoms with Gasteiger partial charge in [0, 0.05) is 6.54 Å².